The van der Waals surface area contributed by atoms with Crippen molar-refractivity contribution in [2.75, 3.05) is 6.61 Å². The summed E-state index contributed by atoms with van der Waals surface area (Å²) in [4.78, 5) is 30.1. The number of aromatic nitrogens is 2. The average molecular weight is 361 g/mol. The van der Waals surface area contributed by atoms with E-state index in [1.165, 1.54) is 6.07 Å². The number of ether oxygens (including phenoxy) is 2. The number of para-hydroxylation sites is 1. The van der Waals surface area contributed by atoms with E-state index >= 15 is 0 Å². The van der Waals surface area contributed by atoms with E-state index in [1.807, 2.05) is 0 Å². The van der Waals surface area contributed by atoms with Crippen LogP contribution in [0.3, 0.4) is 0 Å². The lowest BCUT2D eigenvalue weighted by molar-refractivity contribution is -0.139. The van der Waals surface area contributed by atoms with Crippen molar-refractivity contribution >= 4 is 18.2 Å². The van der Waals surface area contributed by atoms with Gasteiger partial charge < -0.3 is 25.3 Å². The van der Waals surface area contributed by atoms with Crippen LogP contribution in [0.4, 0.5) is 0 Å². The van der Waals surface area contributed by atoms with Crippen LogP contribution in [-0.2, 0) is 9.53 Å². The fourth-order valence-corrected chi connectivity index (χ4v) is 2.92. The Bertz CT molecular complexity index is 992. The molecule has 0 aliphatic carbocycles. The van der Waals surface area contributed by atoms with Gasteiger partial charge in [-0.3, -0.25) is 9.78 Å². The summed E-state index contributed by atoms with van der Waals surface area (Å²) >= 11 is 4.94. The zero-order valence-electron chi connectivity index (χ0n) is 13.2. The number of H-pyrrole nitrogens is 2. The quantitative estimate of drug-likeness (QED) is 0.480. The summed E-state index contributed by atoms with van der Waals surface area (Å²) in [6, 6.07) is 6.33. The first-order valence-electron chi connectivity index (χ1n) is 7.43. The van der Waals surface area contributed by atoms with E-state index in [4.69, 9.17) is 27.4 Å². The van der Waals surface area contributed by atoms with Crippen molar-refractivity contribution in [2.45, 2.75) is 12.8 Å². The first-order valence-corrected chi connectivity index (χ1v) is 7.83. The SMILES string of the molecule is CCOC(=O)C1=C(N)Oc2[nH]c(=S)[nH]c(=O)c2C1c1ccccc1O. The molecule has 8 nitrogen and oxygen atoms in total. The number of fused-ring (bicyclic) bond motifs is 1. The lowest BCUT2D eigenvalue weighted by atomic mass is 9.84. The summed E-state index contributed by atoms with van der Waals surface area (Å²) in [5, 5.41) is 10.3. The van der Waals surface area contributed by atoms with E-state index < -0.39 is 17.4 Å². The molecular formula is C16H15N3O5S. The van der Waals surface area contributed by atoms with Crippen molar-refractivity contribution in [1.29, 1.82) is 0 Å². The van der Waals surface area contributed by atoms with Crippen molar-refractivity contribution in [3.8, 4) is 11.6 Å². The van der Waals surface area contributed by atoms with E-state index in [1.54, 1.807) is 25.1 Å². The Labute approximate surface area is 146 Å². The van der Waals surface area contributed by atoms with Gasteiger partial charge in [-0.2, -0.15) is 0 Å². The van der Waals surface area contributed by atoms with Gasteiger partial charge in [0.15, 0.2) is 4.77 Å². The second-order valence-electron chi connectivity index (χ2n) is 5.24. The lowest BCUT2D eigenvalue weighted by Gasteiger charge is -2.27. The van der Waals surface area contributed by atoms with Crippen LogP contribution in [0.25, 0.3) is 0 Å². The van der Waals surface area contributed by atoms with Gasteiger partial charge in [-0.05, 0) is 25.2 Å². The molecule has 2 heterocycles. The van der Waals surface area contributed by atoms with Gasteiger partial charge in [0, 0.05) is 5.56 Å². The largest absolute Gasteiger partial charge is 0.508 e. The minimum Gasteiger partial charge on any atom is -0.508 e. The highest BCUT2D eigenvalue weighted by molar-refractivity contribution is 7.71. The number of nitrogens with one attached hydrogen (secondary N) is 2. The molecule has 25 heavy (non-hydrogen) atoms. The van der Waals surface area contributed by atoms with Crippen LogP contribution in [-0.4, -0.2) is 27.7 Å². The van der Waals surface area contributed by atoms with Gasteiger partial charge in [0.25, 0.3) is 5.56 Å². The zero-order chi connectivity index (χ0) is 18.1. The molecular weight excluding hydrogens is 346 g/mol. The van der Waals surface area contributed by atoms with E-state index in [-0.39, 0.29) is 40.0 Å². The molecule has 1 atom stereocenters. The number of phenolic OH excluding ortho intramolecular Hbond substituents is 1. The smallest absolute Gasteiger partial charge is 0.340 e. The molecule has 0 saturated carbocycles. The summed E-state index contributed by atoms with van der Waals surface area (Å²) in [7, 11) is 0. The average Bonchev–Trinajstić information content (AvgIpc) is 2.53. The maximum Gasteiger partial charge on any atom is 0.340 e. The number of aromatic amines is 2. The minimum atomic E-state index is -0.973. The van der Waals surface area contributed by atoms with Crippen LogP contribution in [0, 0.1) is 4.77 Å². The highest BCUT2D eigenvalue weighted by atomic mass is 32.1. The standard InChI is InChI=1S/C16H15N3O5S/c1-2-23-15(22)10-9(7-5-3-4-6-8(7)20)11-13(21)18-16(25)19-14(11)24-12(10)17/h3-6,9,20H,2,17H2,1H3,(H2,18,19,21,25). The molecule has 1 aliphatic rings. The molecule has 1 unspecified atom stereocenters. The number of hydrogen-bond acceptors (Lipinski definition) is 7. The van der Waals surface area contributed by atoms with Crippen LogP contribution in [0.15, 0.2) is 40.5 Å². The molecule has 0 spiro atoms. The van der Waals surface area contributed by atoms with Crippen molar-refractivity contribution < 1.29 is 19.4 Å². The van der Waals surface area contributed by atoms with Gasteiger partial charge in [-0.1, -0.05) is 18.2 Å². The summed E-state index contributed by atoms with van der Waals surface area (Å²) < 4.78 is 10.5. The van der Waals surface area contributed by atoms with Crippen molar-refractivity contribution in [3.05, 3.63) is 62.0 Å². The Balaban J connectivity index is 2.32. The number of nitrogens with two attached hydrogens (primary N) is 1. The second kappa shape index (κ2) is 6.44. The first-order chi connectivity index (χ1) is 11.9. The van der Waals surface area contributed by atoms with Crippen LogP contribution >= 0.6 is 12.2 Å². The molecule has 0 saturated heterocycles. The molecule has 130 valence electrons. The number of esters is 1. The van der Waals surface area contributed by atoms with E-state index in [2.05, 4.69) is 9.97 Å². The zero-order valence-corrected chi connectivity index (χ0v) is 14.0. The van der Waals surface area contributed by atoms with Gasteiger partial charge in [-0.25, -0.2) is 4.79 Å². The molecule has 0 bridgehead atoms. The lowest BCUT2D eigenvalue weighted by Crippen LogP contribution is -2.32. The van der Waals surface area contributed by atoms with E-state index in [9.17, 15) is 14.7 Å². The summed E-state index contributed by atoms with van der Waals surface area (Å²) in [5.74, 6) is -2.01. The number of phenols is 1. The number of rotatable bonds is 3. The Morgan fingerprint density at radius 3 is 2.80 bits per heavy atom. The molecule has 2 aromatic rings. The van der Waals surface area contributed by atoms with E-state index in [0.29, 0.717) is 5.56 Å². The third-order valence-electron chi connectivity index (χ3n) is 3.74. The predicted molar refractivity (Wildman–Crippen MR) is 90.7 cm³/mol. The normalized spacial score (nSPS) is 16.1. The van der Waals surface area contributed by atoms with Crippen LogP contribution < -0.4 is 16.0 Å². The highest BCUT2D eigenvalue weighted by Gasteiger charge is 2.39. The summed E-state index contributed by atoms with van der Waals surface area (Å²) in [6.45, 7) is 1.76. The molecule has 1 aromatic heterocycles. The third-order valence-corrected chi connectivity index (χ3v) is 3.95. The molecule has 0 amide bonds. The molecule has 5 N–H and O–H groups in total. The molecule has 0 fully saturated rings. The van der Waals surface area contributed by atoms with Gasteiger partial charge >= 0.3 is 5.97 Å². The second-order valence-corrected chi connectivity index (χ2v) is 5.65. The Kier molecular flexibility index (Phi) is 4.32. The van der Waals surface area contributed by atoms with Crippen molar-refractivity contribution in [3.63, 3.8) is 0 Å². The van der Waals surface area contributed by atoms with E-state index in [0.717, 1.165) is 0 Å². The van der Waals surface area contributed by atoms with Crippen LogP contribution in [0.5, 0.6) is 11.6 Å². The number of hydrogen-bond donors (Lipinski definition) is 4. The molecule has 1 aliphatic heterocycles. The van der Waals surface area contributed by atoms with Crippen LogP contribution in [0.2, 0.25) is 0 Å². The van der Waals surface area contributed by atoms with Gasteiger partial charge in [0.05, 0.1) is 18.1 Å². The predicted octanol–water partition coefficient (Wildman–Crippen LogP) is 1.40. The molecule has 9 heteroatoms. The first kappa shape index (κ1) is 16.8. The van der Waals surface area contributed by atoms with Crippen molar-refractivity contribution in [1.82, 2.24) is 9.97 Å². The maximum absolute atomic E-state index is 12.5. The fourth-order valence-electron chi connectivity index (χ4n) is 2.74. The van der Waals surface area contributed by atoms with Gasteiger partial charge in [0.2, 0.25) is 11.8 Å². The summed E-state index contributed by atoms with van der Waals surface area (Å²) in [5.41, 5.74) is 5.68. The molecule has 3 rings (SSSR count). The maximum atomic E-state index is 12.5. The molecule has 0 radical (unpaired) electrons. The Morgan fingerprint density at radius 1 is 1.40 bits per heavy atom. The van der Waals surface area contributed by atoms with Crippen molar-refractivity contribution in [2.24, 2.45) is 5.73 Å². The Morgan fingerprint density at radius 2 is 2.12 bits per heavy atom. The summed E-state index contributed by atoms with van der Waals surface area (Å²) in [6.07, 6.45) is 0. The number of carbonyl (C=O) groups is 1. The number of carbonyl (C=O) groups excluding carboxylic acids is 1. The van der Waals surface area contributed by atoms with Crippen LogP contribution in [0.1, 0.15) is 24.0 Å². The topological polar surface area (TPSA) is 130 Å². The van der Waals surface area contributed by atoms with Gasteiger partial charge in [-0.15, -0.1) is 0 Å². The highest BCUT2D eigenvalue weighted by Crippen LogP contribution is 2.42. The number of benzene rings is 1. The molecule has 1 aromatic carbocycles. The third kappa shape index (κ3) is 2.89. The minimum absolute atomic E-state index is 0.0209. The fraction of sp³-hybridized carbons (Fsp3) is 0.188. The monoisotopic (exact) mass is 361 g/mol. The Hall–Kier alpha value is -3.07. The number of aromatic hydroxyl groups is 1. The van der Waals surface area contributed by atoms with Gasteiger partial charge in [0.1, 0.15) is 11.3 Å².